The molecule has 0 bridgehead atoms. The van der Waals surface area contributed by atoms with Crippen LogP contribution in [0.25, 0.3) is 11.1 Å². The molecule has 0 aliphatic carbocycles. The van der Waals surface area contributed by atoms with Crippen molar-refractivity contribution in [1.29, 1.82) is 0 Å². The average Bonchev–Trinajstić information content (AvgIpc) is 3.34. The Kier molecular flexibility index (Phi) is 26.8. The van der Waals surface area contributed by atoms with Crippen LogP contribution in [-0.4, -0.2) is 62.9 Å². The third-order valence-corrected chi connectivity index (χ3v) is 10.0. The van der Waals surface area contributed by atoms with E-state index in [2.05, 4.69) is 20.1 Å². The lowest BCUT2D eigenvalue weighted by atomic mass is 10.1. The van der Waals surface area contributed by atoms with Gasteiger partial charge in [-0.05, 0) is 149 Å². The summed E-state index contributed by atoms with van der Waals surface area (Å²) in [6, 6.07) is 28.0. The summed E-state index contributed by atoms with van der Waals surface area (Å²) in [6.07, 6.45) is 14.7. The van der Waals surface area contributed by atoms with Crippen LogP contribution < -0.4 is 18.9 Å². The van der Waals surface area contributed by atoms with Crippen LogP contribution in [0.1, 0.15) is 131 Å². The van der Waals surface area contributed by atoms with Crippen molar-refractivity contribution in [3.8, 4) is 34.1 Å². The molecule has 0 atom stereocenters. The molecule has 0 radical (unpaired) electrons. The van der Waals surface area contributed by atoms with E-state index in [-0.39, 0.29) is 11.9 Å². The first kappa shape index (κ1) is 54.6. The van der Waals surface area contributed by atoms with Crippen molar-refractivity contribution in [2.75, 3.05) is 33.0 Å². The second-order valence-electron chi connectivity index (χ2n) is 15.7. The molecule has 360 valence electrons. The summed E-state index contributed by atoms with van der Waals surface area (Å²) in [5.74, 6) is 0.439. The van der Waals surface area contributed by atoms with E-state index in [1.807, 2.05) is 31.2 Å². The highest BCUT2D eigenvalue weighted by Gasteiger charge is 2.12. The highest BCUT2D eigenvalue weighted by molar-refractivity contribution is 5.92. The molecule has 0 amide bonds. The van der Waals surface area contributed by atoms with Gasteiger partial charge in [0.1, 0.15) is 23.0 Å². The summed E-state index contributed by atoms with van der Waals surface area (Å²) in [4.78, 5) is 58.7. The lowest BCUT2D eigenvalue weighted by Gasteiger charge is -2.09. The highest BCUT2D eigenvalue weighted by atomic mass is 16.5. The first-order chi connectivity index (χ1) is 32.5. The normalized spacial score (nSPS) is 10.4. The highest BCUT2D eigenvalue weighted by Crippen LogP contribution is 2.26. The Balaban J connectivity index is 0.000000457. The lowest BCUT2D eigenvalue weighted by molar-refractivity contribution is -0.144. The molecule has 0 saturated carbocycles. The monoisotopic (exact) mass is 920 g/mol. The predicted molar refractivity (Wildman–Crippen MR) is 260 cm³/mol. The Bertz CT molecular complexity index is 2090. The molecule has 4 rings (SSSR count). The molecule has 12 nitrogen and oxygen atoms in total. The summed E-state index contributed by atoms with van der Waals surface area (Å²) >= 11 is 0. The van der Waals surface area contributed by atoms with Gasteiger partial charge in [0, 0.05) is 18.1 Å². The van der Waals surface area contributed by atoms with Crippen LogP contribution in [0.2, 0.25) is 0 Å². The van der Waals surface area contributed by atoms with Gasteiger partial charge in [0.05, 0.1) is 44.2 Å². The number of carbonyl (C=O) groups is 5. The number of esters is 5. The fourth-order valence-electron chi connectivity index (χ4n) is 6.26. The topological polar surface area (TPSA) is 150 Å². The van der Waals surface area contributed by atoms with Gasteiger partial charge in [-0.2, -0.15) is 0 Å². The second-order valence-corrected chi connectivity index (χ2v) is 15.7. The molecule has 0 heterocycles. The summed E-state index contributed by atoms with van der Waals surface area (Å²) in [7, 11) is 0. The van der Waals surface area contributed by atoms with Crippen molar-refractivity contribution < 1.29 is 57.1 Å². The number of benzene rings is 4. The van der Waals surface area contributed by atoms with Crippen molar-refractivity contribution in [2.45, 2.75) is 111 Å². The van der Waals surface area contributed by atoms with Gasteiger partial charge in [0.2, 0.25) is 0 Å². The lowest BCUT2D eigenvalue weighted by Crippen LogP contribution is -2.08. The third kappa shape index (κ3) is 23.4. The largest absolute Gasteiger partial charge is 0.494 e. The number of rotatable bonds is 30. The van der Waals surface area contributed by atoms with Crippen LogP contribution in [0.5, 0.6) is 23.0 Å². The van der Waals surface area contributed by atoms with Crippen molar-refractivity contribution in [2.24, 2.45) is 0 Å². The van der Waals surface area contributed by atoms with E-state index in [0.29, 0.717) is 79.2 Å². The van der Waals surface area contributed by atoms with E-state index in [4.69, 9.17) is 33.2 Å². The molecule has 0 spiro atoms. The Morgan fingerprint density at radius 1 is 0.478 bits per heavy atom. The molecule has 0 aromatic heterocycles. The Labute approximate surface area is 396 Å². The van der Waals surface area contributed by atoms with Crippen LogP contribution in [0, 0.1) is 0 Å². The molecule has 0 saturated heterocycles. The van der Waals surface area contributed by atoms with Crippen LogP contribution in [0.15, 0.2) is 122 Å². The van der Waals surface area contributed by atoms with Gasteiger partial charge in [0.15, 0.2) is 0 Å². The Morgan fingerprint density at radius 3 is 1.37 bits per heavy atom. The molecule has 12 heteroatoms. The number of hydrogen-bond donors (Lipinski definition) is 0. The smallest absolute Gasteiger partial charge is 0.343 e. The van der Waals surface area contributed by atoms with E-state index in [9.17, 15) is 24.0 Å². The number of ether oxygens (including phenoxy) is 7. The van der Waals surface area contributed by atoms with Gasteiger partial charge < -0.3 is 33.2 Å². The van der Waals surface area contributed by atoms with Crippen LogP contribution in [0.3, 0.4) is 0 Å². The van der Waals surface area contributed by atoms with Crippen LogP contribution in [-0.2, 0) is 28.6 Å². The molecule has 0 fully saturated rings. The van der Waals surface area contributed by atoms with Crippen LogP contribution in [0.4, 0.5) is 0 Å². The minimum absolute atomic E-state index is 0.118. The predicted octanol–water partition coefficient (Wildman–Crippen LogP) is 12.4. The maximum atomic E-state index is 12.7. The number of carbonyl (C=O) groups excluding carboxylic acids is 5. The first-order valence-electron chi connectivity index (χ1n) is 23.4. The molecule has 4 aromatic carbocycles. The molecule has 4 aromatic rings. The van der Waals surface area contributed by atoms with E-state index in [1.165, 1.54) is 25.7 Å². The van der Waals surface area contributed by atoms with Gasteiger partial charge in [0.25, 0.3) is 0 Å². The first-order valence-corrected chi connectivity index (χ1v) is 23.4. The van der Waals surface area contributed by atoms with Crippen molar-refractivity contribution in [3.05, 3.63) is 133 Å². The maximum absolute atomic E-state index is 12.7. The molecule has 67 heavy (non-hydrogen) atoms. The van der Waals surface area contributed by atoms with Crippen LogP contribution >= 0.6 is 0 Å². The van der Waals surface area contributed by atoms with E-state index in [0.717, 1.165) is 75.0 Å². The third-order valence-electron chi connectivity index (χ3n) is 10.0. The quantitative estimate of drug-likeness (QED) is 0.0161. The van der Waals surface area contributed by atoms with Gasteiger partial charge >= 0.3 is 29.8 Å². The zero-order chi connectivity index (χ0) is 48.5. The molecule has 0 aliphatic heterocycles. The minimum Gasteiger partial charge on any atom is -0.494 e. The fraction of sp³-hybridized carbons (Fsp3) is 0.400. The molecular formula is C55H68O12. The Morgan fingerprint density at radius 2 is 0.896 bits per heavy atom. The van der Waals surface area contributed by atoms with E-state index < -0.39 is 17.9 Å². The van der Waals surface area contributed by atoms with Gasteiger partial charge in [-0.1, -0.05) is 76.5 Å². The molecular weight excluding hydrogens is 853 g/mol. The number of unbranched alkanes of at least 4 members (excludes halogenated alkanes) is 10. The average molecular weight is 921 g/mol. The van der Waals surface area contributed by atoms with Gasteiger partial charge in [-0.25, -0.2) is 19.2 Å². The molecule has 0 aliphatic rings. The molecule has 0 N–H and O–H groups in total. The van der Waals surface area contributed by atoms with Crippen molar-refractivity contribution in [1.82, 2.24) is 0 Å². The Hall–Kier alpha value is -6.69. The van der Waals surface area contributed by atoms with Gasteiger partial charge in [-0.3, -0.25) is 4.79 Å². The van der Waals surface area contributed by atoms with E-state index in [1.54, 1.807) is 79.7 Å². The SMILES string of the molecule is C=C(C)C(=O)OCCCCCC(=O)OCCCCCCCC.C=CC(=O)OCCCCCCOc1ccc(C(=O)Oc2ccc(-c3ccc(OC(=O)c4ccc(OCC)cc4)cc3)cc2)cc1. The summed E-state index contributed by atoms with van der Waals surface area (Å²) in [5.41, 5.74) is 3.09. The van der Waals surface area contributed by atoms with Gasteiger partial charge in [-0.15, -0.1) is 0 Å². The van der Waals surface area contributed by atoms with Crippen molar-refractivity contribution >= 4 is 29.8 Å². The summed E-state index contributed by atoms with van der Waals surface area (Å²) in [6.45, 7) is 15.0. The van der Waals surface area contributed by atoms with E-state index >= 15 is 0 Å². The zero-order valence-electron chi connectivity index (χ0n) is 39.6. The minimum atomic E-state index is -0.467. The standard InChI is InChI=1S/C37H36O8.C18H32O4/c1-3-35(38)43-26-8-6-5-7-25-42-32-19-15-30(16-20-32)37(40)45-34-23-11-28(12-24-34)27-9-21-33(22-10-27)44-36(39)29-13-17-31(18-14-29)41-4-2;1-4-5-6-7-8-11-14-21-17(19)13-10-9-12-15-22-18(20)16(2)3/h3,9-24H,1,4-8,25-26H2,2H3;2,4-15H2,1,3H3. The maximum Gasteiger partial charge on any atom is 0.343 e. The van der Waals surface area contributed by atoms with Crippen molar-refractivity contribution in [3.63, 3.8) is 0 Å². The summed E-state index contributed by atoms with van der Waals surface area (Å²) in [5, 5.41) is 0. The zero-order valence-corrected chi connectivity index (χ0v) is 39.6. The number of hydrogen-bond acceptors (Lipinski definition) is 12. The fourth-order valence-corrected chi connectivity index (χ4v) is 6.26. The second kappa shape index (κ2) is 32.9. The molecule has 0 unspecified atom stereocenters. The summed E-state index contributed by atoms with van der Waals surface area (Å²) < 4.78 is 37.3.